The summed E-state index contributed by atoms with van der Waals surface area (Å²) in [7, 11) is 1.89. The van der Waals surface area contributed by atoms with E-state index < -0.39 is 6.10 Å². The number of halogens is 1. The maximum absolute atomic E-state index is 13.7. The van der Waals surface area contributed by atoms with Crippen molar-refractivity contribution in [1.29, 1.82) is 0 Å². The number of aromatic nitrogens is 2. The van der Waals surface area contributed by atoms with Crippen LogP contribution < -0.4 is 10.1 Å². The minimum atomic E-state index is -0.727. The van der Waals surface area contributed by atoms with Crippen LogP contribution in [0.15, 0.2) is 54.9 Å². The van der Waals surface area contributed by atoms with E-state index in [4.69, 9.17) is 4.74 Å². The van der Waals surface area contributed by atoms with E-state index in [-0.39, 0.29) is 25.0 Å². The molecule has 0 aliphatic heterocycles. The molecule has 0 aliphatic carbocycles. The lowest BCUT2D eigenvalue weighted by Crippen LogP contribution is -2.35. The first-order chi connectivity index (χ1) is 13.5. The van der Waals surface area contributed by atoms with Crippen molar-refractivity contribution in [2.24, 2.45) is 7.05 Å². The molecule has 0 bridgehead atoms. The smallest absolute Gasteiger partial charge is 0.130 e. The number of imidazole rings is 1. The van der Waals surface area contributed by atoms with Crippen LogP contribution in [0.1, 0.15) is 28.6 Å². The van der Waals surface area contributed by atoms with E-state index in [1.807, 2.05) is 55.9 Å². The molecule has 2 N–H and O–H groups in total. The van der Waals surface area contributed by atoms with E-state index in [9.17, 15) is 9.50 Å². The van der Waals surface area contributed by atoms with Crippen molar-refractivity contribution in [2.75, 3.05) is 13.2 Å². The lowest BCUT2D eigenvalue weighted by molar-refractivity contribution is 0.104. The van der Waals surface area contributed by atoms with Gasteiger partial charge in [-0.2, -0.15) is 0 Å². The van der Waals surface area contributed by atoms with Crippen molar-refractivity contribution in [2.45, 2.75) is 26.0 Å². The fourth-order valence-corrected chi connectivity index (χ4v) is 3.22. The molecule has 0 spiro atoms. The highest BCUT2D eigenvalue weighted by Crippen LogP contribution is 2.23. The highest BCUT2D eigenvalue weighted by molar-refractivity contribution is 5.39. The fraction of sp³-hybridized carbons (Fsp3) is 0.318. The first-order valence-electron chi connectivity index (χ1n) is 9.29. The Kier molecular flexibility index (Phi) is 6.44. The van der Waals surface area contributed by atoms with Crippen LogP contribution in [0, 0.1) is 19.7 Å². The molecule has 5 nitrogen and oxygen atoms in total. The lowest BCUT2D eigenvalue weighted by Gasteiger charge is -2.22. The van der Waals surface area contributed by atoms with Crippen LogP contribution in [0.5, 0.6) is 5.75 Å². The summed E-state index contributed by atoms with van der Waals surface area (Å²) >= 11 is 0. The maximum atomic E-state index is 13.7. The van der Waals surface area contributed by atoms with E-state index in [2.05, 4.69) is 10.3 Å². The number of aliphatic hydroxyl groups is 1. The normalized spacial score (nSPS) is 13.3. The Labute approximate surface area is 164 Å². The summed E-state index contributed by atoms with van der Waals surface area (Å²) in [6, 6.07) is 12.0. The Hall–Kier alpha value is -2.70. The number of para-hydroxylation sites is 1. The number of rotatable bonds is 8. The van der Waals surface area contributed by atoms with Gasteiger partial charge in [0.05, 0.1) is 6.04 Å². The molecule has 0 fully saturated rings. The molecular weight excluding hydrogens is 357 g/mol. The number of ether oxygens (including phenoxy) is 1. The molecule has 3 aromatic rings. The number of hydrogen-bond acceptors (Lipinski definition) is 4. The van der Waals surface area contributed by atoms with Crippen molar-refractivity contribution in [3.63, 3.8) is 0 Å². The highest BCUT2D eigenvalue weighted by atomic mass is 19.1. The fourth-order valence-electron chi connectivity index (χ4n) is 3.22. The predicted octanol–water partition coefficient (Wildman–Crippen LogP) is 3.29. The first-order valence-corrected chi connectivity index (χ1v) is 9.29. The molecule has 0 amide bonds. The zero-order valence-corrected chi connectivity index (χ0v) is 16.4. The second kappa shape index (κ2) is 8.99. The molecule has 0 radical (unpaired) electrons. The monoisotopic (exact) mass is 383 g/mol. The molecule has 3 rings (SSSR count). The van der Waals surface area contributed by atoms with Crippen LogP contribution in [0.4, 0.5) is 4.39 Å². The van der Waals surface area contributed by atoms with Crippen LogP contribution in [-0.4, -0.2) is 33.9 Å². The van der Waals surface area contributed by atoms with E-state index in [1.165, 1.54) is 12.1 Å². The molecule has 2 atom stereocenters. The summed E-state index contributed by atoms with van der Waals surface area (Å²) < 4.78 is 21.4. The number of hydrogen-bond donors (Lipinski definition) is 2. The van der Waals surface area contributed by atoms with Crippen molar-refractivity contribution in [3.8, 4) is 5.75 Å². The largest absolute Gasteiger partial charge is 0.490 e. The Morgan fingerprint density at radius 1 is 1.18 bits per heavy atom. The van der Waals surface area contributed by atoms with Crippen LogP contribution in [0.25, 0.3) is 0 Å². The van der Waals surface area contributed by atoms with Crippen molar-refractivity contribution in [3.05, 3.63) is 83.2 Å². The van der Waals surface area contributed by atoms with Gasteiger partial charge in [-0.25, -0.2) is 9.37 Å². The Morgan fingerprint density at radius 2 is 1.89 bits per heavy atom. The number of aryl methyl sites for hydroxylation is 3. The first kappa shape index (κ1) is 20.0. The molecule has 148 valence electrons. The van der Waals surface area contributed by atoms with E-state index >= 15 is 0 Å². The predicted molar refractivity (Wildman–Crippen MR) is 107 cm³/mol. The van der Waals surface area contributed by atoms with Gasteiger partial charge in [0, 0.05) is 26.0 Å². The Morgan fingerprint density at radius 3 is 2.54 bits per heavy atom. The zero-order valence-electron chi connectivity index (χ0n) is 16.4. The van der Waals surface area contributed by atoms with Gasteiger partial charge < -0.3 is 19.7 Å². The van der Waals surface area contributed by atoms with E-state index in [0.29, 0.717) is 0 Å². The summed E-state index contributed by atoms with van der Waals surface area (Å²) in [5.74, 6) is 1.23. The minimum Gasteiger partial charge on any atom is -0.490 e. The van der Waals surface area contributed by atoms with Gasteiger partial charge in [-0.15, -0.1) is 0 Å². The standard InChI is InChI=1S/C22H26FN3O2/c1-15-6-4-7-16(2)21(15)28-14-19(27)13-25-20(22-24-10-11-26(22)3)17-8-5-9-18(23)12-17/h4-12,19-20,25,27H,13-14H2,1-3H3. The van der Waals surface area contributed by atoms with E-state index in [1.54, 1.807) is 12.3 Å². The van der Waals surface area contributed by atoms with Crippen LogP contribution >= 0.6 is 0 Å². The molecular formula is C22H26FN3O2. The van der Waals surface area contributed by atoms with Crippen molar-refractivity contribution in [1.82, 2.24) is 14.9 Å². The summed E-state index contributed by atoms with van der Waals surface area (Å²) in [5, 5.41) is 13.7. The highest BCUT2D eigenvalue weighted by Gasteiger charge is 2.20. The van der Waals surface area contributed by atoms with Gasteiger partial charge in [-0.05, 0) is 42.7 Å². The zero-order chi connectivity index (χ0) is 20.1. The molecule has 28 heavy (non-hydrogen) atoms. The molecule has 0 saturated heterocycles. The van der Waals surface area contributed by atoms with Gasteiger partial charge in [0.2, 0.25) is 0 Å². The van der Waals surface area contributed by atoms with Crippen LogP contribution in [-0.2, 0) is 7.05 Å². The summed E-state index contributed by atoms with van der Waals surface area (Å²) in [5.41, 5.74) is 2.81. The third-order valence-electron chi connectivity index (χ3n) is 4.69. The van der Waals surface area contributed by atoms with Gasteiger partial charge in [0.15, 0.2) is 0 Å². The molecule has 0 aliphatic rings. The molecule has 6 heteroatoms. The second-order valence-corrected chi connectivity index (χ2v) is 6.98. The molecule has 0 saturated carbocycles. The minimum absolute atomic E-state index is 0.162. The Bertz CT molecular complexity index is 905. The number of aliphatic hydroxyl groups excluding tert-OH is 1. The molecule has 2 aromatic carbocycles. The molecule has 1 aromatic heterocycles. The summed E-state index contributed by atoms with van der Waals surface area (Å²) in [4.78, 5) is 4.38. The summed E-state index contributed by atoms with van der Waals surface area (Å²) in [6.07, 6.45) is 2.81. The topological polar surface area (TPSA) is 59.3 Å². The van der Waals surface area contributed by atoms with Crippen molar-refractivity contribution >= 4 is 0 Å². The third kappa shape index (κ3) is 4.77. The average Bonchev–Trinajstić information content (AvgIpc) is 3.07. The average molecular weight is 383 g/mol. The van der Waals surface area contributed by atoms with Gasteiger partial charge >= 0.3 is 0 Å². The third-order valence-corrected chi connectivity index (χ3v) is 4.69. The number of nitrogens with one attached hydrogen (secondary N) is 1. The molecule has 1 heterocycles. The van der Waals surface area contributed by atoms with Crippen molar-refractivity contribution < 1.29 is 14.2 Å². The maximum Gasteiger partial charge on any atom is 0.130 e. The quantitative estimate of drug-likeness (QED) is 0.627. The van der Waals surface area contributed by atoms with Gasteiger partial charge in [-0.1, -0.05) is 30.3 Å². The molecule has 2 unspecified atom stereocenters. The van der Waals surface area contributed by atoms with Gasteiger partial charge in [-0.3, -0.25) is 0 Å². The SMILES string of the molecule is Cc1cccc(C)c1OCC(O)CNC(c1cccc(F)c1)c1nccn1C. The van der Waals surface area contributed by atoms with Gasteiger partial charge in [0.1, 0.15) is 30.1 Å². The van der Waals surface area contributed by atoms with Gasteiger partial charge in [0.25, 0.3) is 0 Å². The Balaban J connectivity index is 1.67. The second-order valence-electron chi connectivity index (χ2n) is 6.98. The van der Waals surface area contributed by atoms with Crippen LogP contribution in [0.3, 0.4) is 0 Å². The van der Waals surface area contributed by atoms with Crippen LogP contribution in [0.2, 0.25) is 0 Å². The number of nitrogens with zero attached hydrogens (tertiary/aromatic N) is 2. The summed E-state index contributed by atoms with van der Waals surface area (Å²) in [6.45, 7) is 4.40. The lowest BCUT2D eigenvalue weighted by atomic mass is 10.1. The van der Waals surface area contributed by atoms with E-state index in [0.717, 1.165) is 28.3 Å². The number of benzene rings is 2.